The number of carbonyl (C=O) groups excluding carboxylic acids is 2. The van der Waals surface area contributed by atoms with E-state index in [1.165, 1.54) is 13.4 Å². The quantitative estimate of drug-likeness (QED) is 0.164. The van der Waals surface area contributed by atoms with Gasteiger partial charge in [0.15, 0.2) is 0 Å². The molecule has 0 saturated heterocycles. The van der Waals surface area contributed by atoms with Crippen molar-refractivity contribution in [1.29, 1.82) is 0 Å². The van der Waals surface area contributed by atoms with E-state index in [9.17, 15) is 14.7 Å². The summed E-state index contributed by atoms with van der Waals surface area (Å²) in [5, 5.41) is 9.94. The molecule has 28 heavy (non-hydrogen) atoms. The normalized spacial score (nSPS) is 26.5. The summed E-state index contributed by atoms with van der Waals surface area (Å²) in [4.78, 5) is 33.4. The fourth-order valence-electron chi connectivity index (χ4n) is 3.91. The molecule has 8 nitrogen and oxygen atoms in total. The summed E-state index contributed by atoms with van der Waals surface area (Å²) in [7, 11) is 1.39. The largest absolute Gasteiger partial charge is 0.508 e. The molecule has 0 spiro atoms. The molecular weight excluding hydrogens is 368 g/mol. The van der Waals surface area contributed by atoms with E-state index >= 15 is 0 Å². The van der Waals surface area contributed by atoms with Gasteiger partial charge in [0.2, 0.25) is 0 Å². The standard InChI is InChI=1S/C20H34O8/c1-5-25-19(23)27-17-13-20(3,28-26-6-2)16(15(17)14-21)11-9-7-8-10-12-18(22)24-4/h6,15-17,21H,2,5,7-14H2,1,3-4H3/t15-,16-,17-,20?/m1/s1. The molecule has 162 valence electrons. The highest BCUT2D eigenvalue weighted by Crippen LogP contribution is 2.47. The van der Waals surface area contributed by atoms with E-state index in [2.05, 4.69) is 11.3 Å². The van der Waals surface area contributed by atoms with Crippen molar-refractivity contribution in [3.63, 3.8) is 0 Å². The van der Waals surface area contributed by atoms with E-state index in [-0.39, 0.29) is 31.0 Å². The molecule has 0 amide bonds. The Balaban J connectivity index is 2.66. The first-order valence-electron chi connectivity index (χ1n) is 9.88. The molecule has 1 aliphatic carbocycles. The van der Waals surface area contributed by atoms with Gasteiger partial charge in [-0.2, -0.15) is 4.89 Å². The van der Waals surface area contributed by atoms with E-state index in [1.54, 1.807) is 6.92 Å². The molecule has 1 fully saturated rings. The minimum absolute atomic E-state index is 0.0718. The first-order valence-corrected chi connectivity index (χ1v) is 9.88. The van der Waals surface area contributed by atoms with Gasteiger partial charge in [0, 0.05) is 31.3 Å². The van der Waals surface area contributed by atoms with Crippen LogP contribution in [0, 0.1) is 11.8 Å². The number of rotatable bonds is 13. The van der Waals surface area contributed by atoms with Crippen molar-refractivity contribution in [2.75, 3.05) is 20.3 Å². The molecule has 0 heterocycles. The van der Waals surface area contributed by atoms with Gasteiger partial charge in [-0.15, -0.1) is 0 Å². The molecule has 1 N–H and O–H groups in total. The first kappa shape index (κ1) is 24.2. The predicted molar refractivity (Wildman–Crippen MR) is 101 cm³/mol. The minimum Gasteiger partial charge on any atom is -0.469 e. The van der Waals surface area contributed by atoms with Crippen LogP contribution in [-0.2, 0) is 28.8 Å². The summed E-state index contributed by atoms with van der Waals surface area (Å²) < 4.78 is 14.9. The maximum Gasteiger partial charge on any atom is 0.508 e. The van der Waals surface area contributed by atoms with Gasteiger partial charge in [-0.3, -0.25) is 4.79 Å². The van der Waals surface area contributed by atoms with E-state index in [0.29, 0.717) is 12.8 Å². The van der Waals surface area contributed by atoms with Crippen LogP contribution in [0.3, 0.4) is 0 Å². The number of ether oxygens (including phenoxy) is 3. The lowest BCUT2D eigenvalue weighted by molar-refractivity contribution is -0.332. The lowest BCUT2D eigenvalue weighted by atomic mass is 9.83. The molecule has 0 radical (unpaired) electrons. The van der Waals surface area contributed by atoms with Gasteiger partial charge in [-0.05, 0) is 26.7 Å². The summed E-state index contributed by atoms with van der Waals surface area (Å²) in [5.74, 6) is -0.548. The monoisotopic (exact) mass is 402 g/mol. The van der Waals surface area contributed by atoms with Gasteiger partial charge in [-0.25, -0.2) is 4.79 Å². The van der Waals surface area contributed by atoms with Crippen molar-refractivity contribution in [2.24, 2.45) is 11.8 Å². The second kappa shape index (κ2) is 12.6. The summed E-state index contributed by atoms with van der Waals surface area (Å²) in [6.45, 7) is 7.16. The van der Waals surface area contributed by atoms with E-state index in [0.717, 1.165) is 32.1 Å². The van der Waals surface area contributed by atoms with Gasteiger partial charge < -0.3 is 24.2 Å². The molecule has 8 heteroatoms. The zero-order chi connectivity index (χ0) is 21.0. The Morgan fingerprint density at radius 2 is 1.96 bits per heavy atom. The lowest BCUT2D eigenvalue weighted by Crippen LogP contribution is -2.36. The van der Waals surface area contributed by atoms with Crippen LogP contribution in [0.1, 0.15) is 58.8 Å². The highest BCUT2D eigenvalue weighted by Gasteiger charge is 2.54. The number of carbonyl (C=O) groups is 2. The number of hydrogen-bond acceptors (Lipinski definition) is 8. The smallest absolute Gasteiger partial charge is 0.469 e. The Labute approximate surface area is 167 Å². The third-order valence-electron chi connectivity index (χ3n) is 5.29. The second-order valence-corrected chi connectivity index (χ2v) is 7.18. The number of aliphatic hydroxyl groups excluding tert-OH is 1. The second-order valence-electron chi connectivity index (χ2n) is 7.18. The fraction of sp³-hybridized carbons (Fsp3) is 0.800. The highest BCUT2D eigenvalue weighted by molar-refractivity contribution is 5.68. The number of esters is 1. The molecule has 0 aromatic carbocycles. The molecule has 0 aromatic heterocycles. The van der Waals surface area contributed by atoms with Crippen molar-refractivity contribution >= 4 is 12.1 Å². The molecule has 1 unspecified atom stereocenters. The third-order valence-corrected chi connectivity index (χ3v) is 5.29. The molecule has 0 aromatic rings. The zero-order valence-electron chi connectivity index (χ0n) is 17.2. The van der Waals surface area contributed by atoms with Crippen LogP contribution in [0.4, 0.5) is 4.79 Å². The fourth-order valence-corrected chi connectivity index (χ4v) is 3.91. The Kier molecular flexibility index (Phi) is 10.9. The number of aliphatic hydroxyl groups is 1. The summed E-state index contributed by atoms with van der Waals surface area (Å²) in [5.41, 5.74) is -0.731. The maximum absolute atomic E-state index is 11.8. The van der Waals surface area contributed by atoms with Crippen LogP contribution in [0.25, 0.3) is 0 Å². The Bertz CT molecular complexity index is 495. The Morgan fingerprint density at radius 1 is 1.25 bits per heavy atom. The van der Waals surface area contributed by atoms with E-state index in [1.807, 2.05) is 6.92 Å². The molecule has 1 saturated carbocycles. The van der Waals surface area contributed by atoms with E-state index < -0.39 is 17.9 Å². The maximum atomic E-state index is 11.8. The van der Waals surface area contributed by atoms with Crippen molar-refractivity contribution in [3.8, 4) is 0 Å². The summed E-state index contributed by atoms with van der Waals surface area (Å²) in [6.07, 6.45) is 5.02. The zero-order valence-corrected chi connectivity index (χ0v) is 17.2. The van der Waals surface area contributed by atoms with Gasteiger partial charge >= 0.3 is 12.1 Å². The lowest BCUT2D eigenvalue weighted by Gasteiger charge is -2.31. The van der Waals surface area contributed by atoms with Crippen LogP contribution >= 0.6 is 0 Å². The summed E-state index contributed by atoms with van der Waals surface area (Å²) >= 11 is 0. The number of unbranched alkanes of at least 4 members (excludes halogenated alkanes) is 3. The SMILES string of the molecule is C=COOC1(C)C[C@@H](OC(=O)OCC)[C@H](CO)[C@H]1CCCCCCC(=O)OC. The van der Waals surface area contributed by atoms with Crippen molar-refractivity contribution in [3.05, 3.63) is 12.8 Å². The van der Waals surface area contributed by atoms with Crippen LogP contribution in [0.5, 0.6) is 0 Å². The topological polar surface area (TPSA) is 101 Å². The van der Waals surface area contributed by atoms with Crippen LogP contribution in [0.2, 0.25) is 0 Å². The van der Waals surface area contributed by atoms with Crippen molar-refractivity contribution in [2.45, 2.75) is 70.5 Å². The number of hydrogen-bond donors (Lipinski definition) is 1. The molecule has 0 aliphatic heterocycles. The Hall–Kier alpha value is -1.80. The van der Waals surface area contributed by atoms with Gasteiger partial charge in [0.05, 0.1) is 13.7 Å². The predicted octanol–water partition coefficient (Wildman–Crippen LogP) is 3.52. The average Bonchev–Trinajstić information content (AvgIpc) is 2.93. The number of methoxy groups -OCH3 is 1. The highest BCUT2D eigenvalue weighted by atomic mass is 17.2. The summed E-state index contributed by atoms with van der Waals surface area (Å²) in [6, 6.07) is 0. The molecule has 4 atom stereocenters. The molecular formula is C20H34O8. The average molecular weight is 402 g/mol. The van der Waals surface area contributed by atoms with Crippen LogP contribution in [0.15, 0.2) is 12.8 Å². The van der Waals surface area contributed by atoms with E-state index in [4.69, 9.17) is 19.2 Å². The van der Waals surface area contributed by atoms with Crippen LogP contribution in [-0.4, -0.2) is 49.3 Å². The first-order chi connectivity index (χ1) is 13.4. The van der Waals surface area contributed by atoms with Gasteiger partial charge in [0.25, 0.3) is 0 Å². The van der Waals surface area contributed by atoms with Gasteiger partial charge in [-0.1, -0.05) is 25.8 Å². The molecule has 1 rings (SSSR count). The van der Waals surface area contributed by atoms with Crippen molar-refractivity contribution in [1.82, 2.24) is 0 Å². The third kappa shape index (κ3) is 7.31. The molecule has 0 bridgehead atoms. The molecule has 1 aliphatic rings. The minimum atomic E-state index is -0.749. The van der Waals surface area contributed by atoms with Crippen molar-refractivity contribution < 1.29 is 38.7 Å². The van der Waals surface area contributed by atoms with Gasteiger partial charge in [0.1, 0.15) is 18.0 Å². The van der Waals surface area contributed by atoms with Crippen LogP contribution < -0.4 is 0 Å². The Morgan fingerprint density at radius 3 is 2.57 bits per heavy atom.